The molecule has 3 aromatic rings. The summed E-state index contributed by atoms with van der Waals surface area (Å²) < 4.78 is 13.9. The molecule has 0 saturated carbocycles. The van der Waals surface area contributed by atoms with E-state index in [-0.39, 0.29) is 29.6 Å². The van der Waals surface area contributed by atoms with Crippen LogP contribution >= 0.6 is 0 Å². The van der Waals surface area contributed by atoms with E-state index >= 15 is 0 Å². The quantitative estimate of drug-likeness (QED) is 0.650. The van der Waals surface area contributed by atoms with Gasteiger partial charge in [0.15, 0.2) is 0 Å². The van der Waals surface area contributed by atoms with Gasteiger partial charge in [-0.15, -0.1) is 0 Å². The third-order valence-corrected chi connectivity index (χ3v) is 6.53. The van der Waals surface area contributed by atoms with Crippen molar-refractivity contribution in [1.82, 2.24) is 24.8 Å². The van der Waals surface area contributed by atoms with Gasteiger partial charge in [0, 0.05) is 56.6 Å². The van der Waals surface area contributed by atoms with Crippen LogP contribution in [0.25, 0.3) is 0 Å². The van der Waals surface area contributed by atoms with Gasteiger partial charge >= 0.3 is 0 Å². The Hall–Kier alpha value is -3.39. The molecule has 7 nitrogen and oxygen atoms in total. The summed E-state index contributed by atoms with van der Waals surface area (Å²) in [5, 5.41) is 0. The fourth-order valence-electron chi connectivity index (χ4n) is 4.72. The highest BCUT2D eigenvalue weighted by Gasteiger charge is 2.31. The maximum Gasteiger partial charge on any atom is 0.254 e. The Labute approximate surface area is 191 Å². The second kappa shape index (κ2) is 9.23. The van der Waals surface area contributed by atoms with Gasteiger partial charge in [-0.05, 0) is 36.1 Å². The first kappa shape index (κ1) is 21.5. The van der Waals surface area contributed by atoms with Crippen LogP contribution in [-0.4, -0.2) is 50.3 Å². The minimum absolute atomic E-state index is 0.0266. The summed E-state index contributed by atoms with van der Waals surface area (Å²) >= 11 is 0. The van der Waals surface area contributed by atoms with Gasteiger partial charge in [-0.1, -0.05) is 24.3 Å². The Morgan fingerprint density at radius 1 is 1.18 bits per heavy atom. The van der Waals surface area contributed by atoms with Crippen LogP contribution in [0.2, 0.25) is 0 Å². The fraction of sp³-hybridized carbons (Fsp3) is 0.360. The molecule has 2 aliphatic heterocycles. The number of hydrogen-bond donors (Lipinski definition) is 1. The van der Waals surface area contributed by atoms with E-state index in [0.29, 0.717) is 37.4 Å². The molecule has 1 saturated heterocycles. The first-order valence-corrected chi connectivity index (χ1v) is 11.3. The summed E-state index contributed by atoms with van der Waals surface area (Å²) in [7, 11) is 0. The van der Waals surface area contributed by atoms with Crippen molar-refractivity contribution in [3.05, 3.63) is 93.2 Å². The largest absolute Gasteiger partial charge is 0.342 e. The van der Waals surface area contributed by atoms with Gasteiger partial charge in [-0.3, -0.25) is 19.5 Å². The van der Waals surface area contributed by atoms with Crippen LogP contribution in [-0.2, 0) is 30.7 Å². The van der Waals surface area contributed by atoms with Gasteiger partial charge in [0.2, 0.25) is 5.91 Å². The Balaban J connectivity index is 1.27. The molecule has 33 heavy (non-hydrogen) atoms. The van der Waals surface area contributed by atoms with Crippen molar-refractivity contribution < 1.29 is 9.18 Å². The van der Waals surface area contributed by atoms with Gasteiger partial charge in [0.25, 0.3) is 5.56 Å². The minimum Gasteiger partial charge on any atom is -0.342 e. The van der Waals surface area contributed by atoms with Crippen molar-refractivity contribution in [1.29, 1.82) is 0 Å². The number of H-pyrrole nitrogens is 1. The number of nitrogens with one attached hydrogen (secondary N) is 1. The summed E-state index contributed by atoms with van der Waals surface area (Å²) in [4.78, 5) is 41.5. The van der Waals surface area contributed by atoms with E-state index < -0.39 is 0 Å². The van der Waals surface area contributed by atoms with Crippen LogP contribution in [0.4, 0.5) is 4.39 Å². The van der Waals surface area contributed by atoms with Crippen LogP contribution in [0.3, 0.4) is 0 Å². The van der Waals surface area contributed by atoms with Gasteiger partial charge in [-0.25, -0.2) is 9.37 Å². The molecule has 5 rings (SSSR count). The third-order valence-electron chi connectivity index (χ3n) is 6.53. The second-order valence-corrected chi connectivity index (χ2v) is 8.79. The number of carbonyl (C=O) groups is 1. The Bertz CT molecular complexity index is 1210. The number of carbonyl (C=O) groups excluding carboxylic acids is 1. The van der Waals surface area contributed by atoms with E-state index in [4.69, 9.17) is 4.98 Å². The molecule has 2 aliphatic rings. The van der Waals surface area contributed by atoms with Crippen molar-refractivity contribution in [2.75, 3.05) is 19.6 Å². The predicted molar refractivity (Wildman–Crippen MR) is 121 cm³/mol. The number of nitrogens with zero attached hydrogens (tertiary/aromatic N) is 4. The lowest BCUT2D eigenvalue weighted by Crippen LogP contribution is -2.36. The van der Waals surface area contributed by atoms with E-state index in [1.807, 2.05) is 18.3 Å². The maximum absolute atomic E-state index is 13.9. The number of rotatable bonds is 5. The maximum atomic E-state index is 13.9. The average Bonchev–Trinajstić information content (AvgIpc) is 3.32. The van der Waals surface area contributed by atoms with Gasteiger partial charge in [0.1, 0.15) is 11.6 Å². The first-order chi connectivity index (χ1) is 16.1. The van der Waals surface area contributed by atoms with Gasteiger partial charge < -0.3 is 9.88 Å². The lowest BCUT2D eigenvalue weighted by Gasteiger charge is -2.28. The number of likely N-dealkylation sites (tertiary alicyclic amines) is 1. The number of aromatic amines is 1. The average molecular weight is 448 g/mol. The van der Waals surface area contributed by atoms with Crippen LogP contribution in [0.15, 0.2) is 53.6 Å². The molecule has 2 aromatic heterocycles. The third kappa shape index (κ3) is 4.71. The standard InChI is InChI=1S/C25H26FN5O2/c26-21-6-2-1-5-18(21)12-23(32)31-11-7-19(15-31)24-28-22-16-30(10-8-20(22)25(33)29-24)14-17-4-3-9-27-13-17/h1-6,9,13,19H,7-8,10-12,14-16H2,(H,28,29,33)/t19-/m1/s1. The summed E-state index contributed by atoms with van der Waals surface area (Å²) in [6.07, 6.45) is 5.04. The molecule has 170 valence electrons. The van der Waals surface area contributed by atoms with Crippen LogP contribution in [0, 0.1) is 5.82 Å². The number of aromatic nitrogens is 3. The molecule has 1 atom stereocenters. The molecule has 0 aliphatic carbocycles. The molecule has 1 N–H and O–H groups in total. The smallest absolute Gasteiger partial charge is 0.254 e. The van der Waals surface area contributed by atoms with Gasteiger partial charge in [-0.2, -0.15) is 0 Å². The molecule has 0 bridgehead atoms. The molecule has 0 spiro atoms. The number of benzene rings is 1. The highest BCUT2D eigenvalue weighted by Crippen LogP contribution is 2.26. The fourth-order valence-corrected chi connectivity index (χ4v) is 4.72. The number of fused-ring (bicyclic) bond motifs is 1. The van der Waals surface area contributed by atoms with E-state index in [9.17, 15) is 14.0 Å². The Morgan fingerprint density at radius 2 is 2.06 bits per heavy atom. The van der Waals surface area contributed by atoms with Crippen LogP contribution in [0.5, 0.6) is 0 Å². The summed E-state index contributed by atoms with van der Waals surface area (Å²) in [6.45, 7) is 3.23. The summed E-state index contributed by atoms with van der Waals surface area (Å²) in [5.74, 6) is 0.146. The van der Waals surface area contributed by atoms with Crippen molar-refractivity contribution in [3.8, 4) is 0 Å². The SMILES string of the molecule is O=C(Cc1ccccc1F)N1CC[C@@H](c2nc3c(c(=O)[nH]2)CCN(Cc2cccnc2)C3)C1. The molecule has 0 radical (unpaired) electrons. The predicted octanol–water partition coefficient (Wildman–Crippen LogP) is 2.42. The van der Waals surface area contributed by atoms with Crippen molar-refractivity contribution >= 4 is 5.91 Å². The molecular formula is C25H26FN5O2. The zero-order valence-electron chi connectivity index (χ0n) is 18.3. The number of hydrogen-bond acceptors (Lipinski definition) is 5. The van der Waals surface area contributed by atoms with E-state index in [2.05, 4.69) is 14.9 Å². The number of amides is 1. The summed E-state index contributed by atoms with van der Waals surface area (Å²) in [6, 6.07) is 10.3. The minimum atomic E-state index is -0.363. The zero-order chi connectivity index (χ0) is 22.8. The van der Waals surface area contributed by atoms with E-state index in [1.165, 1.54) is 6.07 Å². The van der Waals surface area contributed by atoms with Crippen molar-refractivity contribution in [2.45, 2.75) is 38.3 Å². The second-order valence-electron chi connectivity index (χ2n) is 8.79. The molecule has 0 unspecified atom stereocenters. The zero-order valence-corrected chi connectivity index (χ0v) is 18.3. The topological polar surface area (TPSA) is 82.2 Å². The van der Waals surface area contributed by atoms with Crippen LogP contribution in [0.1, 0.15) is 40.5 Å². The van der Waals surface area contributed by atoms with Gasteiger partial charge in [0.05, 0.1) is 12.1 Å². The lowest BCUT2D eigenvalue weighted by molar-refractivity contribution is -0.129. The molecule has 1 fully saturated rings. The molecule has 8 heteroatoms. The lowest BCUT2D eigenvalue weighted by atomic mass is 10.0. The first-order valence-electron chi connectivity index (χ1n) is 11.3. The number of halogens is 1. The highest BCUT2D eigenvalue weighted by atomic mass is 19.1. The highest BCUT2D eigenvalue weighted by molar-refractivity contribution is 5.79. The normalized spacial score (nSPS) is 18.3. The number of pyridine rings is 1. The van der Waals surface area contributed by atoms with Crippen LogP contribution < -0.4 is 5.56 Å². The molecule has 1 aromatic carbocycles. The Kier molecular flexibility index (Phi) is 6.00. The molecular weight excluding hydrogens is 421 g/mol. The van der Waals surface area contributed by atoms with E-state index in [0.717, 1.165) is 36.3 Å². The van der Waals surface area contributed by atoms with E-state index in [1.54, 1.807) is 29.3 Å². The Morgan fingerprint density at radius 3 is 2.88 bits per heavy atom. The molecule has 1 amide bonds. The summed E-state index contributed by atoms with van der Waals surface area (Å²) in [5.41, 5.74) is 3.03. The molecule has 4 heterocycles. The van der Waals surface area contributed by atoms with Crippen molar-refractivity contribution in [3.63, 3.8) is 0 Å². The monoisotopic (exact) mass is 447 g/mol. The van der Waals surface area contributed by atoms with Crippen molar-refractivity contribution in [2.24, 2.45) is 0 Å².